The molecular formula is C16H15NO3. The van der Waals surface area contributed by atoms with Gasteiger partial charge in [0.05, 0.1) is 18.4 Å². The fraction of sp³-hybridized carbons (Fsp3) is 0.125. The number of benzene rings is 2. The molecular weight excluding hydrogens is 254 g/mol. The first kappa shape index (κ1) is 13.8. The van der Waals surface area contributed by atoms with Gasteiger partial charge in [0.15, 0.2) is 0 Å². The van der Waals surface area contributed by atoms with Crippen molar-refractivity contribution in [3.63, 3.8) is 0 Å². The summed E-state index contributed by atoms with van der Waals surface area (Å²) in [6.45, 7) is 1.75. The highest BCUT2D eigenvalue weighted by molar-refractivity contribution is 5.91. The van der Waals surface area contributed by atoms with Crippen LogP contribution in [0.2, 0.25) is 0 Å². The lowest BCUT2D eigenvalue weighted by atomic mass is 10.1. The number of ether oxygens (including phenoxy) is 1. The second kappa shape index (κ2) is 6.02. The van der Waals surface area contributed by atoms with E-state index in [1.807, 2.05) is 24.3 Å². The molecule has 0 saturated carbocycles. The van der Waals surface area contributed by atoms with Gasteiger partial charge in [-0.1, -0.05) is 18.2 Å². The SMILES string of the molecule is COc1cccc(C=Nc2cccc(C(=O)O)c2C)c1. The van der Waals surface area contributed by atoms with Gasteiger partial charge in [-0.2, -0.15) is 0 Å². The highest BCUT2D eigenvalue weighted by atomic mass is 16.5. The Morgan fingerprint density at radius 1 is 1.25 bits per heavy atom. The monoisotopic (exact) mass is 269 g/mol. The molecule has 0 spiro atoms. The summed E-state index contributed by atoms with van der Waals surface area (Å²) in [6.07, 6.45) is 1.69. The van der Waals surface area contributed by atoms with Gasteiger partial charge in [0, 0.05) is 6.21 Å². The van der Waals surface area contributed by atoms with Gasteiger partial charge in [-0.3, -0.25) is 4.99 Å². The average Bonchev–Trinajstić information content (AvgIpc) is 2.46. The summed E-state index contributed by atoms with van der Waals surface area (Å²) in [7, 11) is 1.61. The maximum absolute atomic E-state index is 11.1. The van der Waals surface area contributed by atoms with Crippen LogP contribution in [0.15, 0.2) is 47.5 Å². The lowest BCUT2D eigenvalue weighted by Crippen LogP contribution is -1.99. The Kier molecular flexibility index (Phi) is 4.15. The second-order valence-corrected chi connectivity index (χ2v) is 4.29. The Bertz CT molecular complexity index is 663. The Morgan fingerprint density at radius 2 is 2.00 bits per heavy atom. The van der Waals surface area contributed by atoms with Gasteiger partial charge in [0.2, 0.25) is 0 Å². The molecule has 2 aromatic carbocycles. The molecule has 20 heavy (non-hydrogen) atoms. The molecule has 102 valence electrons. The molecule has 0 atom stereocenters. The van der Waals surface area contributed by atoms with E-state index in [1.165, 1.54) is 0 Å². The molecule has 0 aliphatic carbocycles. The molecule has 0 bridgehead atoms. The number of hydrogen-bond donors (Lipinski definition) is 1. The van der Waals surface area contributed by atoms with Crippen LogP contribution in [0.4, 0.5) is 5.69 Å². The van der Waals surface area contributed by atoms with E-state index < -0.39 is 5.97 Å². The lowest BCUT2D eigenvalue weighted by Gasteiger charge is -2.04. The van der Waals surface area contributed by atoms with E-state index in [9.17, 15) is 4.79 Å². The van der Waals surface area contributed by atoms with E-state index in [0.717, 1.165) is 11.3 Å². The number of carboxylic acids is 1. The zero-order valence-electron chi connectivity index (χ0n) is 11.3. The number of nitrogens with zero attached hydrogens (tertiary/aromatic N) is 1. The molecule has 0 radical (unpaired) electrons. The molecule has 0 saturated heterocycles. The van der Waals surface area contributed by atoms with Crippen molar-refractivity contribution in [2.75, 3.05) is 7.11 Å². The van der Waals surface area contributed by atoms with Crippen molar-refractivity contribution in [1.82, 2.24) is 0 Å². The number of carbonyl (C=O) groups is 1. The Morgan fingerprint density at radius 3 is 2.70 bits per heavy atom. The van der Waals surface area contributed by atoms with E-state index in [0.29, 0.717) is 11.3 Å². The van der Waals surface area contributed by atoms with Crippen LogP contribution in [0, 0.1) is 6.92 Å². The number of hydrogen-bond acceptors (Lipinski definition) is 3. The average molecular weight is 269 g/mol. The van der Waals surface area contributed by atoms with Gasteiger partial charge >= 0.3 is 5.97 Å². The van der Waals surface area contributed by atoms with Crippen LogP contribution in [0.3, 0.4) is 0 Å². The lowest BCUT2D eigenvalue weighted by molar-refractivity contribution is 0.0696. The summed E-state index contributed by atoms with van der Waals surface area (Å²) in [6, 6.07) is 12.5. The van der Waals surface area contributed by atoms with Crippen molar-refractivity contribution in [2.45, 2.75) is 6.92 Å². The third kappa shape index (κ3) is 3.03. The molecule has 4 nitrogen and oxygen atoms in total. The largest absolute Gasteiger partial charge is 0.497 e. The minimum Gasteiger partial charge on any atom is -0.497 e. The predicted octanol–water partition coefficient (Wildman–Crippen LogP) is 3.45. The van der Waals surface area contributed by atoms with E-state index in [4.69, 9.17) is 9.84 Å². The number of rotatable bonds is 4. The van der Waals surface area contributed by atoms with Crippen molar-refractivity contribution in [3.8, 4) is 5.75 Å². The van der Waals surface area contributed by atoms with Crippen molar-refractivity contribution in [3.05, 3.63) is 59.2 Å². The van der Waals surface area contributed by atoms with Gasteiger partial charge in [0.25, 0.3) is 0 Å². The minimum atomic E-state index is -0.944. The first-order valence-corrected chi connectivity index (χ1v) is 6.13. The summed E-state index contributed by atoms with van der Waals surface area (Å²) >= 11 is 0. The molecule has 0 fully saturated rings. The van der Waals surface area contributed by atoms with E-state index in [1.54, 1.807) is 38.4 Å². The van der Waals surface area contributed by atoms with Crippen LogP contribution >= 0.6 is 0 Å². The quantitative estimate of drug-likeness (QED) is 0.865. The summed E-state index contributed by atoms with van der Waals surface area (Å²) in [4.78, 5) is 15.4. The molecule has 0 heterocycles. The fourth-order valence-electron chi connectivity index (χ4n) is 1.86. The second-order valence-electron chi connectivity index (χ2n) is 4.29. The molecule has 0 unspecified atom stereocenters. The van der Waals surface area contributed by atoms with Crippen molar-refractivity contribution in [1.29, 1.82) is 0 Å². The standard InChI is InChI=1S/C16H15NO3/c1-11-14(16(18)19)7-4-8-15(11)17-10-12-5-3-6-13(9-12)20-2/h3-10H,1-2H3,(H,18,19). The zero-order chi connectivity index (χ0) is 14.5. The van der Waals surface area contributed by atoms with Crippen LogP contribution in [-0.2, 0) is 0 Å². The Balaban J connectivity index is 2.31. The van der Waals surface area contributed by atoms with Gasteiger partial charge in [0.1, 0.15) is 5.75 Å². The van der Waals surface area contributed by atoms with Crippen LogP contribution in [-0.4, -0.2) is 24.4 Å². The summed E-state index contributed by atoms with van der Waals surface area (Å²) < 4.78 is 5.14. The van der Waals surface area contributed by atoms with Crippen LogP contribution in [0.1, 0.15) is 21.5 Å². The highest BCUT2D eigenvalue weighted by Crippen LogP contribution is 2.22. The fourth-order valence-corrected chi connectivity index (χ4v) is 1.86. The van der Waals surface area contributed by atoms with Gasteiger partial charge in [-0.05, 0) is 42.3 Å². The van der Waals surface area contributed by atoms with Crippen LogP contribution in [0.25, 0.3) is 0 Å². The number of methoxy groups -OCH3 is 1. The molecule has 2 rings (SSSR count). The van der Waals surface area contributed by atoms with Crippen LogP contribution in [0.5, 0.6) is 5.75 Å². The molecule has 0 aromatic heterocycles. The Labute approximate surface area is 117 Å². The van der Waals surface area contributed by atoms with Crippen LogP contribution < -0.4 is 4.74 Å². The summed E-state index contributed by atoms with van der Waals surface area (Å²) in [5.41, 5.74) is 2.46. The van der Waals surface area contributed by atoms with E-state index in [2.05, 4.69) is 4.99 Å². The highest BCUT2D eigenvalue weighted by Gasteiger charge is 2.08. The third-order valence-electron chi connectivity index (χ3n) is 2.98. The number of carboxylic acid groups (broad SMARTS) is 1. The normalized spacial score (nSPS) is 10.7. The van der Waals surface area contributed by atoms with E-state index in [-0.39, 0.29) is 5.56 Å². The molecule has 0 aliphatic heterocycles. The van der Waals surface area contributed by atoms with Gasteiger partial charge in [-0.25, -0.2) is 4.79 Å². The summed E-state index contributed by atoms with van der Waals surface area (Å²) in [5, 5.41) is 9.08. The molecule has 4 heteroatoms. The van der Waals surface area contributed by atoms with Crippen molar-refractivity contribution >= 4 is 17.9 Å². The maximum Gasteiger partial charge on any atom is 0.336 e. The number of aliphatic imine (C=N–C) groups is 1. The van der Waals surface area contributed by atoms with Gasteiger partial charge < -0.3 is 9.84 Å². The van der Waals surface area contributed by atoms with Crippen molar-refractivity contribution in [2.24, 2.45) is 4.99 Å². The first-order valence-electron chi connectivity index (χ1n) is 6.13. The molecule has 1 N–H and O–H groups in total. The van der Waals surface area contributed by atoms with Crippen molar-refractivity contribution < 1.29 is 14.6 Å². The van der Waals surface area contributed by atoms with Gasteiger partial charge in [-0.15, -0.1) is 0 Å². The van der Waals surface area contributed by atoms with E-state index >= 15 is 0 Å². The topological polar surface area (TPSA) is 58.9 Å². The maximum atomic E-state index is 11.1. The third-order valence-corrected chi connectivity index (χ3v) is 2.98. The molecule has 0 amide bonds. The predicted molar refractivity (Wildman–Crippen MR) is 78.4 cm³/mol. The molecule has 0 aliphatic rings. The smallest absolute Gasteiger partial charge is 0.336 e. The molecule has 2 aromatic rings. The number of aromatic carboxylic acids is 1. The first-order chi connectivity index (χ1) is 9.61. The Hall–Kier alpha value is -2.62. The summed E-state index contributed by atoms with van der Waals surface area (Å²) in [5.74, 6) is -0.189. The zero-order valence-corrected chi connectivity index (χ0v) is 11.3. The minimum absolute atomic E-state index is 0.269.